The van der Waals surface area contributed by atoms with Crippen LogP contribution in [0.5, 0.6) is 5.88 Å². The molecule has 1 aromatic carbocycles. The predicted molar refractivity (Wildman–Crippen MR) is 65.9 cm³/mol. The second kappa shape index (κ2) is 4.80. The van der Waals surface area contributed by atoms with E-state index >= 15 is 0 Å². The van der Waals surface area contributed by atoms with Gasteiger partial charge in [-0.25, -0.2) is 0 Å². The van der Waals surface area contributed by atoms with Crippen molar-refractivity contribution in [3.63, 3.8) is 0 Å². The highest BCUT2D eigenvalue weighted by Crippen LogP contribution is 2.24. The van der Waals surface area contributed by atoms with Gasteiger partial charge < -0.3 is 9.67 Å². The molecule has 0 spiro atoms. The lowest BCUT2D eigenvalue weighted by molar-refractivity contribution is 0.455. The molecule has 0 atom stereocenters. The number of aryl methyl sites for hydroxylation is 1. The molecule has 0 saturated carbocycles. The quantitative estimate of drug-likeness (QED) is 0.856. The van der Waals surface area contributed by atoms with Gasteiger partial charge in [-0.2, -0.15) is 4.98 Å². The molecule has 0 amide bonds. The van der Waals surface area contributed by atoms with Gasteiger partial charge >= 0.3 is 0 Å². The summed E-state index contributed by atoms with van der Waals surface area (Å²) >= 11 is 7.46. The lowest BCUT2D eigenvalue weighted by Gasteiger charge is -2.01. The van der Waals surface area contributed by atoms with Crippen molar-refractivity contribution >= 4 is 23.4 Å². The van der Waals surface area contributed by atoms with Crippen LogP contribution in [0.4, 0.5) is 0 Å². The molecule has 3 nitrogen and oxygen atoms in total. The maximum atomic E-state index is 9.21. The number of hydrogen-bond donors (Lipinski definition) is 1. The average Bonchev–Trinajstić information content (AvgIpc) is 2.57. The van der Waals surface area contributed by atoms with Crippen LogP contribution in [0.15, 0.2) is 35.4 Å². The van der Waals surface area contributed by atoms with Crippen LogP contribution in [0.25, 0.3) is 0 Å². The molecule has 0 unspecified atom stereocenters. The van der Waals surface area contributed by atoms with Crippen molar-refractivity contribution in [1.82, 2.24) is 9.55 Å². The maximum Gasteiger partial charge on any atom is 0.229 e. The molecular weight excluding hydrogens is 244 g/mol. The van der Waals surface area contributed by atoms with Crippen LogP contribution in [-0.2, 0) is 12.8 Å². The standard InChI is InChI=1S/C11H11ClN2OS/c1-14-6-11(15)13-10(14)7-16-9-4-2-8(12)3-5-9/h2-6,15H,7H2,1H3. The van der Waals surface area contributed by atoms with E-state index in [0.29, 0.717) is 0 Å². The normalized spacial score (nSPS) is 10.6. The second-order valence-corrected chi connectivity index (χ2v) is 4.85. The van der Waals surface area contributed by atoms with E-state index in [2.05, 4.69) is 4.98 Å². The lowest BCUT2D eigenvalue weighted by Crippen LogP contribution is -1.94. The summed E-state index contributed by atoms with van der Waals surface area (Å²) in [5.74, 6) is 1.63. The monoisotopic (exact) mass is 254 g/mol. The number of benzene rings is 1. The molecule has 2 aromatic rings. The zero-order valence-corrected chi connectivity index (χ0v) is 10.3. The summed E-state index contributed by atoms with van der Waals surface area (Å²) in [5, 5.41) is 9.94. The molecule has 0 fully saturated rings. The first kappa shape index (κ1) is 11.4. The van der Waals surface area contributed by atoms with Crippen molar-refractivity contribution in [3.05, 3.63) is 41.3 Å². The van der Waals surface area contributed by atoms with Gasteiger partial charge in [0.15, 0.2) is 0 Å². The van der Waals surface area contributed by atoms with Gasteiger partial charge in [-0.1, -0.05) is 11.6 Å². The molecule has 1 heterocycles. The largest absolute Gasteiger partial charge is 0.492 e. The highest BCUT2D eigenvalue weighted by Gasteiger charge is 2.04. The topological polar surface area (TPSA) is 38.0 Å². The van der Waals surface area contributed by atoms with Gasteiger partial charge in [-0.3, -0.25) is 0 Å². The Hall–Kier alpha value is -1.13. The first-order chi connectivity index (χ1) is 7.65. The molecule has 0 aliphatic carbocycles. The fourth-order valence-electron chi connectivity index (χ4n) is 1.30. The van der Waals surface area contributed by atoms with Gasteiger partial charge in [-0.15, -0.1) is 11.8 Å². The number of aromatic nitrogens is 2. The Balaban J connectivity index is 2.02. The van der Waals surface area contributed by atoms with E-state index in [-0.39, 0.29) is 5.88 Å². The third-order valence-electron chi connectivity index (χ3n) is 2.14. The zero-order valence-electron chi connectivity index (χ0n) is 8.72. The second-order valence-electron chi connectivity index (χ2n) is 3.37. The number of halogens is 1. The van der Waals surface area contributed by atoms with Gasteiger partial charge in [0.05, 0.1) is 11.9 Å². The number of nitrogens with zero attached hydrogens (tertiary/aromatic N) is 2. The highest BCUT2D eigenvalue weighted by molar-refractivity contribution is 7.98. The van der Waals surface area contributed by atoms with Crippen molar-refractivity contribution in [2.45, 2.75) is 10.6 Å². The number of thioether (sulfide) groups is 1. The van der Waals surface area contributed by atoms with Gasteiger partial charge in [-0.05, 0) is 24.3 Å². The lowest BCUT2D eigenvalue weighted by atomic mass is 10.4. The van der Waals surface area contributed by atoms with Crippen molar-refractivity contribution < 1.29 is 5.11 Å². The van der Waals surface area contributed by atoms with Gasteiger partial charge in [0.2, 0.25) is 5.88 Å². The summed E-state index contributed by atoms with van der Waals surface area (Å²) in [6, 6.07) is 7.66. The Morgan fingerprint density at radius 2 is 2.06 bits per heavy atom. The van der Waals surface area contributed by atoms with E-state index in [0.717, 1.165) is 21.5 Å². The van der Waals surface area contributed by atoms with E-state index in [1.54, 1.807) is 18.0 Å². The number of aromatic hydroxyl groups is 1. The molecule has 5 heteroatoms. The van der Waals surface area contributed by atoms with Crippen LogP contribution < -0.4 is 0 Å². The van der Waals surface area contributed by atoms with Crippen LogP contribution in [0.1, 0.15) is 5.82 Å². The Labute approximate surface area is 103 Å². The zero-order chi connectivity index (χ0) is 11.5. The van der Waals surface area contributed by atoms with Crippen LogP contribution >= 0.6 is 23.4 Å². The third kappa shape index (κ3) is 2.71. The van der Waals surface area contributed by atoms with Crippen LogP contribution in [0, 0.1) is 0 Å². The average molecular weight is 255 g/mol. The first-order valence-electron chi connectivity index (χ1n) is 4.75. The minimum Gasteiger partial charge on any atom is -0.492 e. The molecule has 1 aromatic heterocycles. The van der Waals surface area contributed by atoms with Crippen LogP contribution in [0.3, 0.4) is 0 Å². The molecule has 0 bridgehead atoms. The SMILES string of the molecule is Cn1cc(O)nc1CSc1ccc(Cl)cc1. The van der Waals surface area contributed by atoms with Crippen LogP contribution in [-0.4, -0.2) is 14.7 Å². The predicted octanol–water partition coefficient (Wildman–Crippen LogP) is 3.07. The minimum atomic E-state index is 0.0641. The summed E-state index contributed by atoms with van der Waals surface area (Å²) in [6.45, 7) is 0. The van der Waals surface area contributed by atoms with Crippen molar-refractivity contribution in [2.24, 2.45) is 7.05 Å². The van der Waals surface area contributed by atoms with Gasteiger partial charge in [0.25, 0.3) is 0 Å². The smallest absolute Gasteiger partial charge is 0.229 e. The Bertz CT molecular complexity index is 481. The highest BCUT2D eigenvalue weighted by atomic mass is 35.5. The summed E-state index contributed by atoms with van der Waals surface area (Å²) < 4.78 is 1.82. The molecular formula is C11H11ClN2OS. The van der Waals surface area contributed by atoms with Crippen molar-refractivity contribution in [3.8, 4) is 5.88 Å². The summed E-state index contributed by atoms with van der Waals surface area (Å²) in [7, 11) is 1.87. The summed E-state index contributed by atoms with van der Waals surface area (Å²) in [6.07, 6.45) is 1.59. The summed E-state index contributed by atoms with van der Waals surface area (Å²) in [5.41, 5.74) is 0. The van der Waals surface area contributed by atoms with Crippen LogP contribution in [0.2, 0.25) is 5.02 Å². The van der Waals surface area contributed by atoms with E-state index < -0.39 is 0 Å². The fourth-order valence-corrected chi connectivity index (χ4v) is 2.32. The van der Waals surface area contributed by atoms with Crippen molar-refractivity contribution in [1.29, 1.82) is 0 Å². The third-order valence-corrected chi connectivity index (χ3v) is 3.40. The molecule has 0 radical (unpaired) electrons. The number of imidazole rings is 1. The van der Waals surface area contributed by atoms with E-state index in [4.69, 9.17) is 11.6 Å². The maximum absolute atomic E-state index is 9.21. The first-order valence-corrected chi connectivity index (χ1v) is 6.11. The molecule has 16 heavy (non-hydrogen) atoms. The van der Waals surface area contributed by atoms with E-state index in [1.165, 1.54) is 0 Å². The minimum absolute atomic E-state index is 0.0641. The molecule has 0 saturated heterocycles. The Morgan fingerprint density at radius 1 is 1.38 bits per heavy atom. The van der Waals surface area contributed by atoms with Gasteiger partial charge in [0.1, 0.15) is 5.82 Å². The van der Waals surface area contributed by atoms with Crippen molar-refractivity contribution in [2.75, 3.05) is 0 Å². The molecule has 84 valence electrons. The number of hydrogen-bond acceptors (Lipinski definition) is 3. The molecule has 0 aliphatic rings. The number of rotatable bonds is 3. The van der Waals surface area contributed by atoms with E-state index in [1.807, 2.05) is 35.9 Å². The Morgan fingerprint density at radius 3 is 2.62 bits per heavy atom. The van der Waals surface area contributed by atoms with Gasteiger partial charge in [0, 0.05) is 17.0 Å². The molecule has 1 N–H and O–H groups in total. The fraction of sp³-hybridized carbons (Fsp3) is 0.182. The Kier molecular flexibility index (Phi) is 3.41. The summed E-state index contributed by atoms with van der Waals surface area (Å²) in [4.78, 5) is 5.15. The molecule has 0 aliphatic heterocycles. The van der Waals surface area contributed by atoms with E-state index in [9.17, 15) is 5.11 Å². The molecule has 2 rings (SSSR count).